The van der Waals surface area contributed by atoms with Crippen molar-refractivity contribution in [2.75, 3.05) is 19.5 Å². The maximum atomic E-state index is 13.6. The molecule has 42 heavy (non-hydrogen) atoms. The molecule has 6 aromatic rings. The van der Waals surface area contributed by atoms with Crippen molar-refractivity contribution in [3.63, 3.8) is 0 Å². The SMILES string of the molecule is COc1cc2nccc(Oc3cccc(NC(=O)c4cn(-c5ccc(F)cc5)c5ccccc5c4=O)c3)c2cc1OC. The Bertz CT molecular complexity index is 2020. The number of rotatable bonds is 7. The third-order valence-electron chi connectivity index (χ3n) is 6.79. The summed E-state index contributed by atoms with van der Waals surface area (Å²) in [6.07, 6.45) is 3.10. The Labute approximate surface area is 239 Å². The van der Waals surface area contributed by atoms with E-state index in [0.29, 0.717) is 56.2 Å². The van der Waals surface area contributed by atoms with Gasteiger partial charge in [0.05, 0.1) is 25.3 Å². The summed E-state index contributed by atoms with van der Waals surface area (Å²) in [5.41, 5.74) is 1.81. The van der Waals surface area contributed by atoms with E-state index in [1.165, 1.54) is 18.3 Å². The van der Waals surface area contributed by atoms with E-state index < -0.39 is 11.3 Å². The minimum absolute atomic E-state index is 0.0643. The number of carbonyl (C=O) groups is 1. The van der Waals surface area contributed by atoms with Gasteiger partial charge in [0.2, 0.25) is 5.43 Å². The molecule has 1 N–H and O–H groups in total. The lowest BCUT2D eigenvalue weighted by Crippen LogP contribution is -2.23. The first-order valence-electron chi connectivity index (χ1n) is 13.0. The zero-order chi connectivity index (χ0) is 29.2. The van der Waals surface area contributed by atoms with Crippen LogP contribution in [0.1, 0.15) is 10.4 Å². The van der Waals surface area contributed by atoms with Gasteiger partial charge in [0.1, 0.15) is 22.9 Å². The fourth-order valence-corrected chi connectivity index (χ4v) is 4.75. The van der Waals surface area contributed by atoms with E-state index >= 15 is 0 Å². The molecule has 4 aromatic carbocycles. The second-order valence-corrected chi connectivity index (χ2v) is 9.35. The normalized spacial score (nSPS) is 10.9. The molecule has 0 saturated heterocycles. The van der Waals surface area contributed by atoms with Crippen LogP contribution >= 0.6 is 0 Å². The first-order chi connectivity index (χ1) is 20.4. The van der Waals surface area contributed by atoms with Crippen molar-refractivity contribution in [1.29, 1.82) is 0 Å². The molecule has 0 aliphatic carbocycles. The number of hydrogen-bond acceptors (Lipinski definition) is 6. The standard InChI is InChI=1S/C33H24FN3O5/c1-40-30-17-25-27(18-31(30)41-2)35-15-14-29(25)42-23-7-5-6-21(16-23)36-33(39)26-19-37(22-12-10-20(34)11-13-22)28-9-4-3-8-24(28)32(26)38/h3-19H,1-2H3,(H,36,39). The highest BCUT2D eigenvalue weighted by Gasteiger charge is 2.17. The smallest absolute Gasteiger partial charge is 0.261 e. The average molecular weight is 562 g/mol. The van der Waals surface area contributed by atoms with Crippen LogP contribution in [-0.4, -0.2) is 29.7 Å². The van der Waals surface area contributed by atoms with Crippen molar-refractivity contribution in [3.8, 4) is 28.7 Å². The predicted octanol–water partition coefficient (Wildman–Crippen LogP) is 6.74. The molecule has 6 rings (SSSR count). The molecule has 0 unspecified atom stereocenters. The van der Waals surface area contributed by atoms with Crippen LogP contribution in [0.3, 0.4) is 0 Å². The van der Waals surface area contributed by atoms with Crippen LogP contribution in [0.2, 0.25) is 0 Å². The number of halogens is 1. The van der Waals surface area contributed by atoms with Gasteiger partial charge in [0.15, 0.2) is 11.5 Å². The number of hydrogen-bond donors (Lipinski definition) is 1. The summed E-state index contributed by atoms with van der Waals surface area (Å²) in [7, 11) is 3.11. The molecular formula is C33H24FN3O5. The highest BCUT2D eigenvalue weighted by atomic mass is 19.1. The quantitative estimate of drug-likeness (QED) is 0.232. The highest BCUT2D eigenvalue weighted by molar-refractivity contribution is 6.06. The van der Waals surface area contributed by atoms with Gasteiger partial charge in [-0.2, -0.15) is 0 Å². The van der Waals surface area contributed by atoms with Crippen LogP contribution in [0.25, 0.3) is 27.5 Å². The zero-order valence-corrected chi connectivity index (χ0v) is 22.6. The van der Waals surface area contributed by atoms with Gasteiger partial charge in [-0.3, -0.25) is 14.6 Å². The van der Waals surface area contributed by atoms with Crippen molar-refractivity contribution < 1.29 is 23.4 Å². The van der Waals surface area contributed by atoms with Crippen LogP contribution in [0, 0.1) is 5.82 Å². The van der Waals surface area contributed by atoms with Crippen molar-refractivity contribution in [1.82, 2.24) is 9.55 Å². The number of pyridine rings is 2. The molecule has 0 spiro atoms. The summed E-state index contributed by atoms with van der Waals surface area (Å²) in [5.74, 6) is 1.09. The fourth-order valence-electron chi connectivity index (χ4n) is 4.75. The Morgan fingerprint density at radius 1 is 0.833 bits per heavy atom. The number of fused-ring (bicyclic) bond motifs is 2. The number of nitrogens with one attached hydrogen (secondary N) is 1. The Morgan fingerprint density at radius 3 is 2.38 bits per heavy atom. The molecule has 2 aromatic heterocycles. The van der Waals surface area contributed by atoms with Crippen LogP contribution in [-0.2, 0) is 0 Å². The Hall–Kier alpha value is -5.70. The van der Waals surface area contributed by atoms with Crippen LogP contribution in [0.4, 0.5) is 10.1 Å². The van der Waals surface area contributed by atoms with Crippen molar-refractivity contribution in [2.24, 2.45) is 0 Å². The van der Waals surface area contributed by atoms with Gasteiger partial charge in [0.25, 0.3) is 5.91 Å². The van der Waals surface area contributed by atoms with Crippen LogP contribution in [0.5, 0.6) is 23.0 Å². The van der Waals surface area contributed by atoms with Gasteiger partial charge >= 0.3 is 0 Å². The molecule has 9 heteroatoms. The Morgan fingerprint density at radius 2 is 1.60 bits per heavy atom. The topological polar surface area (TPSA) is 91.7 Å². The summed E-state index contributed by atoms with van der Waals surface area (Å²) in [6, 6.07) is 24.9. The lowest BCUT2D eigenvalue weighted by atomic mass is 10.1. The number of nitrogens with zero attached hydrogens (tertiary/aromatic N) is 2. The van der Waals surface area contributed by atoms with E-state index in [1.54, 1.807) is 104 Å². The lowest BCUT2D eigenvalue weighted by Gasteiger charge is -2.14. The molecule has 208 valence electrons. The summed E-state index contributed by atoms with van der Waals surface area (Å²) in [6.45, 7) is 0. The maximum absolute atomic E-state index is 13.6. The van der Waals surface area contributed by atoms with E-state index in [1.807, 2.05) is 0 Å². The molecule has 0 fully saturated rings. The maximum Gasteiger partial charge on any atom is 0.261 e. The number of carbonyl (C=O) groups excluding carboxylic acids is 1. The first kappa shape index (κ1) is 26.5. The number of ether oxygens (including phenoxy) is 3. The number of amides is 1. The van der Waals surface area contributed by atoms with Gasteiger partial charge in [-0.1, -0.05) is 18.2 Å². The first-order valence-corrected chi connectivity index (χ1v) is 13.0. The molecule has 2 heterocycles. The van der Waals surface area contributed by atoms with Crippen molar-refractivity contribution in [3.05, 3.63) is 125 Å². The monoisotopic (exact) mass is 561 g/mol. The third-order valence-corrected chi connectivity index (χ3v) is 6.79. The molecule has 0 radical (unpaired) electrons. The van der Waals surface area contributed by atoms with Crippen molar-refractivity contribution >= 4 is 33.4 Å². The van der Waals surface area contributed by atoms with E-state index in [4.69, 9.17) is 14.2 Å². The minimum Gasteiger partial charge on any atom is -0.493 e. The van der Waals surface area contributed by atoms with E-state index in [-0.39, 0.29) is 11.4 Å². The number of anilines is 1. The second-order valence-electron chi connectivity index (χ2n) is 9.35. The molecule has 1 amide bonds. The molecular weight excluding hydrogens is 537 g/mol. The molecule has 0 saturated carbocycles. The number of para-hydroxylation sites is 1. The lowest BCUT2D eigenvalue weighted by molar-refractivity contribution is 0.102. The van der Waals surface area contributed by atoms with E-state index in [0.717, 1.165) is 0 Å². The number of methoxy groups -OCH3 is 2. The van der Waals surface area contributed by atoms with Crippen LogP contribution < -0.4 is 25.0 Å². The second kappa shape index (κ2) is 11.1. The van der Waals surface area contributed by atoms with Gasteiger partial charge in [0, 0.05) is 46.7 Å². The minimum atomic E-state index is -0.593. The molecule has 0 atom stereocenters. The summed E-state index contributed by atoms with van der Waals surface area (Å²) < 4.78 is 32.3. The summed E-state index contributed by atoms with van der Waals surface area (Å²) in [4.78, 5) is 31.2. The number of aromatic nitrogens is 2. The van der Waals surface area contributed by atoms with E-state index in [2.05, 4.69) is 10.3 Å². The molecule has 0 bridgehead atoms. The molecule has 0 aliphatic heterocycles. The third kappa shape index (κ3) is 4.99. The number of benzene rings is 4. The fraction of sp³-hybridized carbons (Fsp3) is 0.0606. The van der Waals surface area contributed by atoms with Gasteiger partial charge < -0.3 is 24.1 Å². The van der Waals surface area contributed by atoms with Gasteiger partial charge in [-0.05, 0) is 60.7 Å². The summed E-state index contributed by atoms with van der Waals surface area (Å²) >= 11 is 0. The highest BCUT2D eigenvalue weighted by Crippen LogP contribution is 2.37. The largest absolute Gasteiger partial charge is 0.493 e. The Balaban J connectivity index is 1.32. The van der Waals surface area contributed by atoms with Crippen LogP contribution in [0.15, 0.2) is 108 Å². The molecule has 0 aliphatic rings. The van der Waals surface area contributed by atoms with Crippen molar-refractivity contribution in [2.45, 2.75) is 0 Å². The molecule has 8 nitrogen and oxygen atoms in total. The van der Waals surface area contributed by atoms with E-state index in [9.17, 15) is 14.0 Å². The predicted molar refractivity (Wildman–Crippen MR) is 159 cm³/mol. The summed E-state index contributed by atoms with van der Waals surface area (Å²) in [5, 5.41) is 3.88. The zero-order valence-electron chi connectivity index (χ0n) is 22.6. The van der Waals surface area contributed by atoms with Gasteiger partial charge in [-0.15, -0.1) is 0 Å². The van der Waals surface area contributed by atoms with Gasteiger partial charge in [-0.25, -0.2) is 4.39 Å². The average Bonchev–Trinajstić information content (AvgIpc) is 3.01. The Kier molecular flexibility index (Phi) is 6.98.